The van der Waals surface area contributed by atoms with Crippen LogP contribution in [0.4, 0.5) is 0 Å². The van der Waals surface area contributed by atoms with Crippen molar-refractivity contribution in [3.05, 3.63) is 57.7 Å². The van der Waals surface area contributed by atoms with Crippen molar-refractivity contribution in [3.63, 3.8) is 0 Å². The third-order valence-electron chi connectivity index (χ3n) is 4.84. The number of rotatable bonds is 3. The highest BCUT2D eigenvalue weighted by Gasteiger charge is 2.24. The lowest BCUT2D eigenvalue weighted by atomic mass is 10.00. The summed E-state index contributed by atoms with van der Waals surface area (Å²) in [5, 5.41) is 8.67. The zero-order chi connectivity index (χ0) is 18.3. The monoisotopic (exact) mass is 370 g/mol. The van der Waals surface area contributed by atoms with E-state index in [2.05, 4.69) is 10.5 Å². The molecule has 26 heavy (non-hydrogen) atoms. The molecule has 0 bridgehead atoms. The molecule has 1 amide bonds. The van der Waals surface area contributed by atoms with Crippen molar-refractivity contribution in [2.75, 3.05) is 6.61 Å². The Morgan fingerprint density at radius 1 is 1.27 bits per heavy atom. The molecular formula is C20H19ClN2O3. The van der Waals surface area contributed by atoms with Crippen LogP contribution in [0.5, 0.6) is 5.75 Å². The first-order chi connectivity index (χ1) is 12.5. The van der Waals surface area contributed by atoms with Crippen LogP contribution in [0, 0.1) is 13.8 Å². The second-order valence-electron chi connectivity index (χ2n) is 6.68. The molecule has 1 aliphatic heterocycles. The second-order valence-corrected chi connectivity index (χ2v) is 7.11. The van der Waals surface area contributed by atoms with Gasteiger partial charge in [-0.25, -0.2) is 0 Å². The lowest BCUT2D eigenvalue weighted by Gasteiger charge is -2.26. The van der Waals surface area contributed by atoms with Crippen LogP contribution < -0.4 is 10.1 Å². The summed E-state index contributed by atoms with van der Waals surface area (Å²) < 4.78 is 11.0. The molecule has 0 radical (unpaired) electrons. The molecule has 1 atom stereocenters. The average molecular weight is 371 g/mol. The number of nitrogens with one attached hydrogen (secondary N) is 1. The summed E-state index contributed by atoms with van der Waals surface area (Å²) in [5.74, 6) is 0.667. The van der Waals surface area contributed by atoms with Crippen molar-refractivity contribution in [3.8, 4) is 5.75 Å². The summed E-state index contributed by atoms with van der Waals surface area (Å²) in [6.45, 7) is 4.62. The van der Waals surface area contributed by atoms with Gasteiger partial charge in [-0.2, -0.15) is 0 Å². The quantitative estimate of drug-likeness (QED) is 0.747. The second kappa shape index (κ2) is 6.65. The van der Waals surface area contributed by atoms with E-state index in [-0.39, 0.29) is 18.4 Å². The third-order valence-corrected chi connectivity index (χ3v) is 5.07. The molecule has 6 heteroatoms. The zero-order valence-corrected chi connectivity index (χ0v) is 15.4. The number of ether oxygens (including phenoxy) is 1. The Hall–Kier alpha value is -2.53. The summed E-state index contributed by atoms with van der Waals surface area (Å²) in [4.78, 5) is 12.6. The molecule has 1 aromatic heterocycles. The predicted octanol–water partition coefficient (Wildman–Crippen LogP) is 4.28. The Morgan fingerprint density at radius 3 is 2.92 bits per heavy atom. The van der Waals surface area contributed by atoms with E-state index in [0.717, 1.165) is 27.8 Å². The number of hydrogen-bond donors (Lipinski definition) is 1. The van der Waals surface area contributed by atoms with Gasteiger partial charge in [-0.3, -0.25) is 4.79 Å². The number of carbonyl (C=O) groups excluding carboxylic acids is 1. The molecule has 1 aliphatic rings. The third kappa shape index (κ3) is 3.15. The van der Waals surface area contributed by atoms with E-state index in [1.165, 1.54) is 0 Å². The van der Waals surface area contributed by atoms with E-state index in [1.54, 1.807) is 6.07 Å². The molecule has 2 aromatic carbocycles. The van der Waals surface area contributed by atoms with Gasteiger partial charge in [0.05, 0.1) is 19.1 Å². The number of nitrogens with zero attached hydrogens (tertiary/aromatic N) is 1. The van der Waals surface area contributed by atoms with Crippen molar-refractivity contribution in [1.29, 1.82) is 0 Å². The predicted molar refractivity (Wildman–Crippen MR) is 99.6 cm³/mol. The van der Waals surface area contributed by atoms with E-state index in [9.17, 15) is 4.79 Å². The van der Waals surface area contributed by atoms with Gasteiger partial charge in [0.2, 0.25) is 5.91 Å². The van der Waals surface area contributed by atoms with Crippen LogP contribution in [0.15, 0.2) is 34.9 Å². The normalized spacial score (nSPS) is 16.2. The molecule has 0 spiro atoms. The molecular weight excluding hydrogens is 352 g/mol. The van der Waals surface area contributed by atoms with Gasteiger partial charge in [0.1, 0.15) is 11.4 Å². The first-order valence-electron chi connectivity index (χ1n) is 8.58. The van der Waals surface area contributed by atoms with Crippen molar-refractivity contribution >= 4 is 28.5 Å². The number of benzene rings is 2. The molecule has 134 valence electrons. The van der Waals surface area contributed by atoms with Crippen LogP contribution in [0.2, 0.25) is 5.02 Å². The number of aryl methyl sites for hydroxylation is 2. The van der Waals surface area contributed by atoms with E-state index in [1.807, 2.05) is 38.1 Å². The van der Waals surface area contributed by atoms with Gasteiger partial charge < -0.3 is 14.6 Å². The highest BCUT2D eigenvalue weighted by molar-refractivity contribution is 6.30. The minimum absolute atomic E-state index is 0.101. The van der Waals surface area contributed by atoms with Crippen molar-refractivity contribution in [1.82, 2.24) is 10.5 Å². The molecule has 0 saturated heterocycles. The summed E-state index contributed by atoms with van der Waals surface area (Å²) in [5.41, 5.74) is 4.56. The maximum atomic E-state index is 12.6. The van der Waals surface area contributed by atoms with Crippen LogP contribution in [0.25, 0.3) is 11.0 Å². The summed E-state index contributed by atoms with van der Waals surface area (Å²) in [7, 11) is 0. The number of aromatic nitrogens is 1. The number of carbonyl (C=O) groups is 1. The first-order valence-corrected chi connectivity index (χ1v) is 8.96. The van der Waals surface area contributed by atoms with Gasteiger partial charge in [0.15, 0.2) is 5.58 Å². The smallest absolute Gasteiger partial charge is 0.226 e. The lowest BCUT2D eigenvalue weighted by Crippen LogP contribution is -2.33. The summed E-state index contributed by atoms with van der Waals surface area (Å²) in [6.07, 6.45) is 0.875. The standard InChI is InChI=1S/C20H19ClN2O3/c1-11-7-14-17(23-26-19(14)8-12(11)2)10-20(24)22-16-5-6-25-18-4-3-13(21)9-15(16)18/h3-4,7-9,16H,5-6,10H2,1-2H3,(H,22,24). The molecule has 1 unspecified atom stereocenters. The molecule has 2 heterocycles. The molecule has 4 rings (SSSR count). The van der Waals surface area contributed by atoms with Crippen LogP contribution in [-0.4, -0.2) is 17.7 Å². The molecule has 0 fully saturated rings. The van der Waals surface area contributed by atoms with Crippen molar-refractivity contribution in [2.24, 2.45) is 0 Å². The minimum Gasteiger partial charge on any atom is -0.493 e. The number of amides is 1. The highest BCUT2D eigenvalue weighted by atomic mass is 35.5. The van der Waals surface area contributed by atoms with Crippen molar-refractivity contribution < 1.29 is 14.1 Å². The lowest BCUT2D eigenvalue weighted by molar-refractivity contribution is -0.121. The number of fused-ring (bicyclic) bond motifs is 2. The maximum absolute atomic E-state index is 12.6. The molecule has 5 nitrogen and oxygen atoms in total. The topological polar surface area (TPSA) is 64.4 Å². The molecule has 1 N–H and O–H groups in total. The number of halogens is 1. The molecule has 0 aliphatic carbocycles. The fraction of sp³-hybridized carbons (Fsp3) is 0.300. The van der Waals surface area contributed by atoms with E-state index in [4.69, 9.17) is 20.9 Å². The maximum Gasteiger partial charge on any atom is 0.226 e. The van der Waals surface area contributed by atoms with E-state index in [0.29, 0.717) is 29.3 Å². The SMILES string of the molecule is Cc1cc2onc(CC(=O)NC3CCOc4ccc(Cl)cc43)c2cc1C. The van der Waals surface area contributed by atoms with Crippen molar-refractivity contribution in [2.45, 2.75) is 32.7 Å². The first kappa shape index (κ1) is 16.9. The van der Waals surface area contributed by atoms with Gasteiger partial charge in [0.25, 0.3) is 0 Å². The van der Waals surface area contributed by atoms with Gasteiger partial charge >= 0.3 is 0 Å². The van der Waals surface area contributed by atoms with E-state index < -0.39 is 0 Å². The molecule has 0 saturated carbocycles. The van der Waals surface area contributed by atoms with Crippen LogP contribution in [-0.2, 0) is 11.2 Å². The van der Waals surface area contributed by atoms with Crippen LogP contribution in [0.1, 0.15) is 34.8 Å². The Labute approximate surface area is 156 Å². The molecule has 3 aromatic rings. The number of hydrogen-bond acceptors (Lipinski definition) is 4. The van der Waals surface area contributed by atoms with Crippen LogP contribution in [0.3, 0.4) is 0 Å². The largest absolute Gasteiger partial charge is 0.493 e. The minimum atomic E-state index is -0.118. The average Bonchev–Trinajstić information content (AvgIpc) is 2.97. The Bertz CT molecular complexity index is 996. The Kier molecular flexibility index (Phi) is 4.32. The van der Waals surface area contributed by atoms with Gasteiger partial charge in [0, 0.05) is 22.4 Å². The van der Waals surface area contributed by atoms with E-state index >= 15 is 0 Å². The Balaban J connectivity index is 1.54. The summed E-state index contributed by atoms with van der Waals surface area (Å²) >= 11 is 6.10. The van der Waals surface area contributed by atoms with Gasteiger partial charge in [-0.1, -0.05) is 16.8 Å². The zero-order valence-electron chi connectivity index (χ0n) is 14.6. The van der Waals surface area contributed by atoms with Gasteiger partial charge in [-0.15, -0.1) is 0 Å². The van der Waals surface area contributed by atoms with Crippen LogP contribution >= 0.6 is 11.6 Å². The Morgan fingerprint density at radius 2 is 2.08 bits per heavy atom. The fourth-order valence-corrected chi connectivity index (χ4v) is 3.46. The summed E-state index contributed by atoms with van der Waals surface area (Å²) in [6, 6.07) is 9.33. The fourth-order valence-electron chi connectivity index (χ4n) is 3.28. The van der Waals surface area contributed by atoms with Gasteiger partial charge in [-0.05, 0) is 55.3 Å². The highest BCUT2D eigenvalue weighted by Crippen LogP contribution is 2.34.